The van der Waals surface area contributed by atoms with Crippen LogP contribution in [-0.4, -0.2) is 19.1 Å². The molecule has 1 heterocycles. The van der Waals surface area contributed by atoms with E-state index in [0.717, 1.165) is 12.8 Å². The molecule has 0 saturated heterocycles. The molecule has 2 atom stereocenters. The van der Waals surface area contributed by atoms with Crippen LogP contribution in [0.1, 0.15) is 25.0 Å². The van der Waals surface area contributed by atoms with E-state index in [2.05, 4.69) is 42.7 Å². The molecule has 1 aromatic rings. The summed E-state index contributed by atoms with van der Waals surface area (Å²) in [4.78, 5) is 0. The van der Waals surface area contributed by atoms with Gasteiger partial charge in [0.2, 0.25) is 0 Å². The Balaban J connectivity index is 2.13. The van der Waals surface area contributed by atoms with Gasteiger partial charge in [0, 0.05) is 17.8 Å². The molecule has 0 amide bonds. The van der Waals surface area contributed by atoms with E-state index < -0.39 is 0 Å². The quantitative estimate of drug-likeness (QED) is 0.788. The van der Waals surface area contributed by atoms with Gasteiger partial charge in [0.15, 0.2) is 0 Å². The van der Waals surface area contributed by atoms with Crippen LogP contribution < -0.4 is 10.6 Å². The molecule has 1 aromatic carbocycles. The fourth-order valence-corrected chi connectivity index (χ4v) is 2.16. The average Bonchev–Trinajstić information content (AvgIpc) is 2.57. The monoisotopic (exact) mass is 204 g/mol. The van der Waals surface area contributed by atoms with Gasteiger partial charge in [0.1, 0.15) is 0 Å². The minimum Gasteiger partial charge on any atom is -0.382 e. The third-order valence-electron chi connectivity index (χ3n) is 3.14. The molecule has 1 aliphatic heterocycles. The summed E-state index contributed by atoms with van der Waals surface area (Å²) in [5.74, 6) is 0. The Bertz CT molecular complexity index is 346. The molecule has 0 aromatic heterocycles. The van der Waals surface area contributed by atoms with Crippen LogP contribution in [-0.2, 0) is 12.8 Å². The lowest BCUT2D eigenvalue weighted by Gasteiger charge is -2.11. The van der Waals surface area contributed by atoms with Crippen molar-refractivity contribution in [2.75, 3.05) is 12.4 Å². The first-order valence-corrected chi connectivity index (χ1v) is 5.74. The maximum Gasteiger partial charge on any atom is 0.0378 e. The number of hydrogen-bond donors (Lipinski definition) is 2. The number of rotatable bonds is 3. The third-order valence-corrected chi connectivity index (χ3v) is 3.14. The van der Waals surface area contributed by atoms with Crippen LogP contribution in [0.5, 0.6) is 0 Å². The van der Waals surface area contributed by atoms with Crippen molar-refractivity contribution in [3.63, 3.8) is 0 Å². The summed E-state index contributed by atoms with van der Waals surface area (Å²) in [5.41, 5.74) is 4.21. The van der Waals surface area contributed by atoms with Gasteiger partial charge in [-0.15, -0.1) is 0 Å². The number of hydrogen-bond acceptors (Lipinski definition) is 2. The SMILES string of the molecule is CNC(C)Cc1ccc2c(c1)NC(C)C2. The highest BCUT2D eigenvalue weighted by Gasteiger charge is 2.16. The number of fused-ring (bicyclic) bond motifs is 1. The summed E-state index contributed by atoms with van der Waals surface area (Å²) < 4.78 is 0. The summed E-state index contributed by atoms with van der Waals surface area (Å²) in [6.45, 7) is 4.44. The Morgan fingerprint density at radius 2 is 2.33 bits per heavy atom. The summed E-state index contributed by atoms with van der Waals surface area (Å²) in [6, 6.07) is 7.96. The number of benzene rings is 1. The molecule has 2 N–H and O–H groups in total. The van der Waals surface area contributed by atoms with Gasteiger partial charge in [-0.2, -0.15) is 0 Å². The summed E-state index contributed by atoms with van der Waals surface area (Å²) in [7, 11) is 2.01. The lowest BCUT2D eigenvalue weighted by Crippen LogP contribution is -2.23. The number of likely N-dealkylation sites (N-methyl/N-ethyl adjacent to an activating group) is 1. The minimum absolute atomic E-state index is 0.543. The minimum atomic E-state index is 0.543. The van der Waals surface area contributed by atoms with Gasteiger partial charge in [-0.3, -0.25) is 0 Å². The predicted molar refractivity (Wildman–Crippen MR) is 65.5 cm³/mol. The summed E-state index contributed by atoms with van der Waals surface area (Å²) >= 11 is 0. The Morgan fingerprint density at radius 1 is 1.53 bits per heavy atom. The summed E-state index contributed by atoms with van der Waals surface area (Å²) in [5, 5.41) is 6.78. The van der Waals surface area contributed by atoms with Crippen molar-refractivity contribution in [2.45, 2.75) is 38.8 Å². The molecular formula is C13H20N2. The van der Waals surface area contributed by atoms with Crippen LogP contribution in [0, 0.1) is 0 Å². The van der Waals surface area contributed by atoms with Gasteiger partial charge in [-0.1, -0.05) is 12.1 Å². The van der Waals surface area contributed by atoms with Gasteiger partial charge in [0.05, 0.1) is 0 Å². The van der Waals surface area contributed by atoms with Crippen LogP contribution in [0.2, 0.25) is 0 Å². The second-order valence-electron chi connectivity index (χ2n) is 4.63. The third kappa shape index (κ3) is 2.32. The summed E-state index contributed by atoms with van der Waals surface area (Å²) in [6.07, 6.45) is 2.26. The van der Waals surface area contributed by atoms with Crippen molar-refractivity contribution in [3.05, 3.63) is 29.3 Å². The van der Waals surface area contributed by atoms with Crippen molar-refractivity contribution in [3.8, 4) is 0 Å². The first-order chi connectivity index (χ1) is 7.19. The molecule has 0 radical (unpaired) electrons. The molecular weight excluding hydrogens is 184 g/mol. The molecule has 2 unspecified atom stereocenters. The Labute approximate surface area is 92.1 Å². The van der Waals surface area contributed by atoms with Gasteiger partial charge >= 0.3 is 0 Å². The van der Waals surface area contributed by atoms with Crippen molar-refractivity contribution < 1.29 is 0 Å². The van der Waals surface area contributed by atoms with E-state index >= 15 is 0 Å². The van der Waals surface area contributed by atoms with Crippen molar-refractivity contribution >= 4 is 5.69 Å². The van der Waals surface area contributed by atoms with Gasteiger partial charge in [0.25, 0.3) is 0 Å². The zero-order valence-electron chi connectivity index (χ0n) is 9.80. The van der Waals surface area contributed by atoms with E-state index in [9.17, 15) is 0 Å². The molecule has 0 aliphatic carbocycles. The maximum atomic E-state index is 3.51. The first kappa shape index (κ1) is 10.5. The molecule has 0 saturated carbocycles. The molecule has 0 spiro atoms. The Morgan fingerprint density at radius 3 is 3.07 bits per heavy atom. The van der Waals surface area contributed by atoms with E-state index in [1.165, 1.54) is 16.8 Å². The predicted octanol–water partition coefficient (Wildman–Crippen LogP) is 2.19. The standard InChI is InChI=1S/C13H20N2/c1-9(14-3)6-11-4-5-12-7-10(2)15-13(12)8-11/h4-5,8-10,14-15H,6-7H2,1-3H3. The van der Waals surface area contributed by atoms with Gasteiger partial charge < -0.3 is 10.6 Å². The van der Waals surface area contributed by atoms with E-state index in [4.69, 9.17) is 0 Å². The molecule has 2 heteroatoms. The topological polar surface area (TPSA) is 24.1 Å². The van der Waals surface area contributed by atoms with E-state index in [1.54, 1.807) is 0 Å². The fraction of sp³-hybridized carbons (Fsp3) is 0.538. The zero-order valence-corrected chi connectivity index (χ0v) is 9.80. The van der Waals surface area contributed by atoms with Crippen LogP contribution in [0.15, 0.2) is 18.2 Å². The molecule has 15 heavy (non-hydrogen) atoms. The average molecular weight is 204 g/mol. The normalized spacial score (nSPS) is 20.9. The molecule has 0 fully saturated rings. The largest absolute Gasteiger partial charge is 0.382 e. The van der Waals surface area contributed by atoms with Crippen molar-refractivity contribution in [1.29, 1.82) is 0 Å². The van der Waals surface area contributed by atoms with Crippen molar-refractivity contribution in [2.24, 2.45) is 0 Å². The lowest BCUT2D eigenvalue weighted by atomic mass is 10.0. The zero-order chi connectivity index (χ0) is 10.8. The number of nitrogens with one attached hydrogen (secondary N) is 2. The van der Waals surface area contributed by atoms with E-state index in [0.29, 0.717) is 12.1 Å². The highest BCUT2D eigenvalue weighted by Crippen LogP contribution is 2.26. The fourth-order valence-electron chi connectivity index (χ4n) is 2.16. The lowest BCUT2D eigenvalue weighted by molar-refractivity contribution is 0.608. The highest BCUT2D eigenvalue weighted by atomic mass is 14.9. The molecule has 2 rings (SSSR count). The second-order valence-corrected chi connectivity index (χ2v) is 4.63. The molecule has 1 aliphatic rings. The maximum absolute atomic E-state index is 3.51. The molecule has 0 bridgehead atoms. The molecule has 82 valence electrons. The van der Waals surface area contributed by atoms with Crippen molar-refractivity contribution in [1.82, 2.24) is 5.32 Å². The van der Waals surface area contributed by atoms with Crippen LogP contribution in [0.3, 0.4) is 0 Å². The Kier molecular flexibility index (Phi) is 2.96. The van der Waals surface area contributed by atoms with Gasteiger partial charge in [-0.25, -0.2) is 0 Å². The van der Waals surface area contributed by atoms with Crippen LogP contribution in [0.25, 0.3) is 0 Å². The second kappa shape index (κ2) is 4.23. The van der Waals surface area contributed by atoms with Gasteiger partial charge in [-0.05, 0) is 50.9 Å². The highest BCUT2D eigenvalue weighted by molar-refractivity contribution is 5.58. The smallest absolute Gasteiger partial charge is 0.0378 e. The van der Waals surface area contributed by atoms with E-state index in [-0.39, 0.29) is 0 Å². The molecule has 2 nitrogen and oxygen atoms in total. The first-order valence-electron chi connectivity index (χ1n) is 5.74. The number of anilines is 1. The van der Waals surface area contributed by atoms with Crippen LogP contribution >= 0.6 is 0 Å². The van der Waals surface area contributed by atoms with E-state index in [1.807, 2.05) is 7.05 Å². The van der Waals surface area contributed by atoms with Crippen LogP contribution in [0.4, 0.5) is 5.69 Å². The Hall–Kier alpha value is -1.02.